The third kappa shape index (κ3) is 6.81. The molecule has 0 aliphatic heterocycles. The van der Waals surface area contributed by atoms with Crippen molar-refractivity contribution in [3.63, 3.8) is 0 Å². The number of hydrogen-bond donors (Lipinski definition) is 4. The highest BCUT2D eigenvalue weighted by atomic mass is 16.5. The van der Waals surface area contributed by atoms with E-state index in [1.807, 2.05) is 109 Å². The fourth-order valence-corrected chi connectivity index (χ4v) is 8.79. The number of carboxylic acids is 4. The van der Waals surface area contributed by atoms with E-state index >= 15 is 0 Å². The molecule has 0 unspecified atom stereocenters. The largest absolute Gasteiger partial charge is 0.478 e. The van der Waals surface area contributed by atoms with Gasteiger partial charge in [-0.3, -0.25) is 0 Å². The van der Waals surface area contributed by atoms with Crippen LogP contribution < -0.4 is 9.47 Å². The molecule has 9 rings (SSSR count). The second-order valence-electron chi connectivity index (χ2n) is 14.8. The lowest BCUT2D eigenvalue weighted by molar-refractivity contribution is 0.0649. The van der Waals surface area contributed by atoms with Crippen molar-refractivity contribution in [2.24, 2.45) is 0 Å². The molecule has 8 aromatic carbocycles. The Bertz CT molecular complexity index is 2930. The molecule has 0 spiro atoms. The van der Waals surface area contributed by atoms with Gasteiger partial charge in [-0.1, -0.05) is 133 Å². The number of benzene rings is 8. The Kier molecular flexibility index (Phi) is 10.1. The van der Waals surface area contributed by atoms with Gasteiger partial charge in [0.2, 0.25) is 0 Å². The van der Waals surface area contributed by atoms with E-state index in [0.29, 0.717) is 0 Å². The first-order valence-electron chi connectivity index (χ1n) is 19.7. The van der Waals surface area contributed by atoms with Crippen LogP contribution in [-0.2, 0) is 5.41 Å². The van der Waals surface area contributed by atoms with Gasteiger partial charge in [0.25, 0.3) is 0 Å². The smallest absolute Gasteiger partial charge is 0.340 e. The summed E-state index contributed by atoms with van der Waals surface area (Å²) in [6.45, 7) is 0. The van der Waals surface area contributed by atoms with E-state index in [0.717, 1.165) is 55.6 Å². The molecule has 306 valence electrons. The molecular weight excluding hydrogens is 797 g/mol. The number of ether oxygens (including phenoxy) is 2. The van der Waals surface area contributed by atoms with Crippen molar-refractivity contribution in [2.45, 2.75) is 5.41 Å². The minimum absolute atomic E-state index is 0.137. The van der Waals surface area contributed by atoms with E-state index in [9.17, 15) is 39.6 Å². The van der Waals surface area contributed by atoms with Gasteiger partial charge in [-0.15, -0.1) is 0 Å². The SMILES string of the molecule is O=C(O)c1cccc(Oc2ccc(C3(c4ccc(Oc5cccc(C(=O)O)c5C(=O)O)cc4-c4ccccc4)c4ccccc4-c4ccccc43)c(-c3ccccc3)c2)c1C(=O)O. The first kappa shape index (κ1) is 39.7. The van der Waals surface area contributed by atoms with Gasteiger partial charge in [0.15, 0.2) is 0 Å². The third-order valence-electron chi connectivity index (χ3n) is 11.3. The molecule has 0 radical (unpaired) electrons. The van der Waals surface area contributed by atoms with E-state index in [2.05, 4.69) is 24.3 Å². The van der Waals surface area contributed by atoms with Crippen LogP contribution in [0, 0.1) is 0 Å². The summed E-state index contributed by atoms with van der Waals surface area (Å²) in [5, 5.41) is 39.9. The summed E-state index contributed by atoms with van der Waals surface area (Å²) >= 11 is 0. The molecule has 1 aliphatic carbocycles. The first-order chi connectivity index (χ1) is 30.6. The van der Waals surface area contributed by atoms with E-state index < -0.39 is 51.5 Å². The summed E-state index contributed by atoms with van der Waals surface area (Å²) in [5.74, 6) is -5.44. The van der Waals surface area contributed by atoms with Gasteiger partial charge >= 0.3 is 23.9 Å². The quantitative estimate of drug-likeness (QED) is 0.0930. The van der Waals surface area contributed by atoms with Gasteiger partial charge in [-0.25, -0.2) is 19.2 Å². The summed E-state index contributed by atoms with van der Waals surface area (Å²) in [5.41, 5.74) is 5.87. The fraction of sp³-hybridized carbons (Fsp3) is 0.0189. The van der Waals surface area contributed by atoms with E-state index in [1.54, 1.807) is 12.1 Å². The highest BCUT2D eigenvalue weighted by Gasteiger charge is 2.48. The Morgan fingerprint density at radius 3 is 1.10 bits per heavy atom. The van der Waals surface area contributed by atoms with Gasteiger partial charge in [-0.2, -0.15) is 0 Å². The van der Waals surface area contributed by atoms with Crippen LogP contribution in [0.4, 0.5) is 0 Å². The molecule has 63 heavy (non-hydrogen) atoms. The minimum atomic E-state index is -1.45. The monoisotopic (exact) mass is 830 g/mol. The molecule has 8 aromatic rings. The number of aromatic carboxylic acids is 4. The lowest BCUT2D eigenvalue weighted by atomic mass is 9.64. The Labute approximate surface area is 360 Å². The molecule has 0 aromatic heterocycles. The predicted molar refractivity (Wildman–Crippen MR) is 235 cm³/mol. The minimum Gasteiger partial charge on any atom is -0.478 e. The average Bonchev–Trinajstić information content (AvgIpc) is 3.60. The molecule has 0 saturated carbocycles. The zero-order valence-corrected chi connectivity index (χ0v) is 33.1. The van der Waals surface area contributed by atoms with Crippen molar-refractivity contribution in [3.8, 4) is 56.4 Å². The van der Waals surface area contributed by atoms with Gasteiger partial charge in [-0.05, 0) is 104 Å². The van der Waals surface area contributed by atoms with Crippen LogP contribution in [0.15, 0.2) is 182 Å². The molecule has 0 heterocycles. The van der Waals surface area contributed by atoms with E-state index in [4.69, 9.17) is 9.47 Å². The van der Waals surface area contributed by atoms with Gasteiger partial charge in [0, 0.05) is 0 Å². The molecule has 10 nitrogen and oxygen atoms in total. The summed E-state index contributed by atoms with van der Waals surface area (Å²) in [7, 11) is 0. The van der Waals surface area contributed by atoms with Crippen LogP contribution in [0.1, 0.15) is 63.7 Å². The first-order valence-corrected chi connectivity index (χ1v) is 19.7. The van der Waals surface area contributed by atoms with Gasteiger partial charge < -0.3 is 29.9 Å². The second-order valence-corrected chi connectivity index (χ2v) is 14.8. The predicted octanol–water partition coefficient (Wildman–Crippen LogP) is 11.8. The summed E-state index contributed by atoms with van der Waals surface area (Å²) in [4.78, 5) is 49.1. The Hall–Kier alpha value is -8.76. The summed E-state index contributed by atoms with van der Waals surface area (Å²) in [6, 6.07) is 54.9. The molecule has 0 atom stereocenters. The van der Waals surface area contributed by atoms with Crippen LogP contribution in [0.25, 0.3) is 33.4 Å². The van der Waals surface area contributed by atoms with E-state index in [-0.39, 0.29) is 23.0 Å². The number of carboxylic acid groups (broad SMARTS) is 4. The molecule has 0 amide bonds. The van der Waals surface area contributed by atoms with Crippen molar-refractivity contribution in [1.29, 1.82) is 0 Å². The lowest BCUT2D eigenvalue weighted by Crippen LogP contribution is -2.30. The molecule has 0 bridgehead atoms. The highest BCUT2D eigenvalue weighted by Crippen LogP contribution is 2.60. The number of carbonyl (C=O) groups is 4. The molecule has 0 saturated heterocycles. The highest BCUT2D eigenvalue weighted by molar-refractivity contribution is 6.04. The van der Waals surface area contributed by atoms with Crippen molar-refractivity contribution < 1.29 is 49.1 Å². The van der Waals surface area contributed by atoms with Crippen molar-refractivity contribution in [2.75, 3.05) is 0 Å². The van der Waals surface area contributed by atoms with Crippen LogP contribution in [0.5, 0.6) is 23.0 Å². The van der Waals surface area contributed by atoms with Gasteiger partial charge in [0.05, 0.1) is 16.5 Å². The summed E-state index contributed by atoms with van der Waals surface area (Å²) < 4.78 is 12.6. The third-order valence-corrected chi connectivity index (χ3v) is 11.3. The normalized spacial score (nSPS) is 12.1. The number of fused-ring (bicyclic) bond motifs is 3. The maximum absolute atomic E-state index is 12.4. The molecule has 1 aliphatic rings. The zero-order valence-electron chi connectivity index (χ0n) is 33.1. The lowest BCUT2D eigenvalue weighted by Gasteiger charge is -2.37. The number of rotatable bonds is 12. The topological polar surface area (TPSA) is 168 Å². The maximum Gasteiger partial charge on any atom is 0.340 e. The van der Waals surface area contributed by atoms with Crippen LogP contribution >= 0.6 is 0 Å². The van der Waals surface area contributed by atoms with Crippen molar-refractivity contribution in [3.05, 3.63) is 226 Å². The fourth-order valence-electron chi connectivity index (χ4n) is 8.79. The standard InChI is InChI=1S/C53H34O10/c54-49(55)37-19-11-23-45(47(37)51(58)59)62-33-25-27-43(39(29-33)31-13-3-1-4-14-31)53(41-21-9-7-17-35(41)36-18-8-10-22-42(36)53)44-28-26-34(30-40(44)32-15-5-2-6-16-32)63-46-24-12-20-38(50(56)57)48(46)52(60)61/h1-30H,(H,54,55)(H,56,57)(H,58,59)(H,60,61). The number of hydrogen-bond acceptors (Lipinski definition) is 6. The second kappa shape index (κ2) is 16.0. The van der Waals surface area contributed by atoms with E-state index in [1.165, 1.54) is 36.4 Å². The van der Waals surface area contributed by atoms with Crippen LogP contribution in [0.2, 0.25) is 0 Å². The maximum atomic E-state index is 12.4. The Morgan fingerprint density at radius 2 is 0.714 bits per heavy atom. The van der Waals surface area contributed by atoms with Crippen LogP contribution in [0.3, 0.4) is 0 Å². The zero-order chi connectivity index (χ0) is 43.8. The molecule has 4 N–H and O–H groups in total. The Morgan fingerprint density at radius 1 is 0.349 bits per heavy atom. The van der Waals surface area contributed by atoms with Crippen LogP contribution in [-0.4, -0.2) is 44.3 Å². The van der Waals surface area contributed by atoms with Gasteiger partial charge in [0.1, 0.15) is 34.1 Å². The molecule has 0 fully saturated rings. The average molecular weight is 831 g/mol. The van der Waals surface area contributed by atoms with Crippen molar-refractivity contribution in [1.82, 2.24) is 0 Å². The Balaban J connectivity index is 1.34. The molecule has 10 heteroatoms. The molecular formula is C53H34O10. The van der Waals surface area contributed by atoms with Crippen molar-refractivity contribution >= 4 is 23.9 Å². The summed E-state index contributed by atoms with van der Waals surface area (Å²) in [6.07, 6.45) is 0.